The van der Waals surface area contributed by atoms with Crippen molar-refractivity contribution in [2.24, 2.45) is 0 Å². The summed E-state index contributed by atoms with van der Waals surface area (Å²) in [5.74, 6) is 0.621. The lowest BCUT2D eigenvalue weighted by Gasteiger charge is -2.36. The van der Waals surface area contributed by atoms with E-state index in [4.69, 9.17) is 23.2 Å². The molecule has 3 aromatic rings. The standard InChI is InChI=1S/C25H18Cl2N2O/c1-2-18(12-17-6-5-8-20(26)13-17)23-14-19-7-3-4-9-22(19)24(16-30)29(23)25-11-10-21(27)15-28-25/h2-16,24H,1H2. The van der Waals surface area contributed by atoms with Crippen molar-refractivity contribution in [2.45, 2.75) is 6.04 Å². The quantitative estimate of drug-likeness (QED) is 0.329. The molecule has 0 fully saturated rings. The Morgan fingerprint density at radius 2 is 1.87 bits per heavy atom. The van der Waals surface area contributed by atoms with Crippen molar-refractivity contribution in [2.75, 3.05) is 4.90 Å². The number of rotatable bonds is 5. The van der Waals surface area contributed by atoms with Crippen molar-refractivity contribution >= 4 is 47.5 Å². The summed E-state index contributed by atoms with van der Waals surface area (Å²) >= 11 is 12.2. The molecule has 0 amide bonds. The topological polar surface area (TPSA) is 33.2 Å². The molecule has 30 heavy (non-hydrogen) atoms. The summed E-state index contributed by atoms with van der Waals surface area (Å²) in [6.45, 7) is 4.01. The number of benzene rings is 2. The Labute approximate surface area is 185 Å². The van der Waals surface area contributed by atoms with Crippen molar-refractivity contribution < 1.29 is 4.79 Å². The number of fused-ring (bicyclic) bond motifs is 1. The fourth-order valence-electron chi connectivity index (χ4n) is 3.56. The van der Waals surface area contributed by atoms with Gasteiger partial charge in [-0.1, -0.05) is 72.3 Å². The zero-order valence-electron chi connectivity index (χ0n) is 16.0. The second-order valence-electron chi connectivity index (χ2n) is 6.80. The highest BCUT2D eigenvalue weighted by molar-refractivity contribution is 6.30. The highest BCUT2D eigenvalue weighted by Gasteiger charge is 2.31. The van der Waals surface area contributed by atoms with Crippen LogP contribution in [0.25, 0.3) is 12.2 Å². The van der Waals surface area contributed by atoms with E-state index in [0.717, 1.165) is 34.2 Å². The van der Waals surface area contributed by atoms with Crippen LogP contribution in [0.15, 0.2) is 90.8 Å². The molecule has 0 saturated carbocycles. The van der Waals surface area contributed by atoms with Crippen LogP contribution in [0.2, 0.25) is 10.0 Å². The average molecular weight is 433 g/mol. The molecule has 0 bridgehead atoms. The van der Waals surface area contributed by atoms with Gasteiger partial charge in [0.25, 0.3) is 0 Å². The molecule has 1 aliphatic rings. The number of hydrogen-bond acceptors (Lipinski definition) is 3. The predicted molar refractivity (Wildman–Crippen MR) is 125 cm³/mol. The molecule has 5 heteroatoms. The molecular weight excluding hydrogens is 415 g/mol. The van der Waals surface area contributed by atoms with Gasteiger partial charge in [-0.15, -0.1) is 0 Å². The number of hydrogen-bond donors (Lipinski definition) is 0. The van der Waals surface area contributed by atoms with Gasteiger partial charge in [0.2, 0.25) is 0 Å². The lowest BCUT2D eigenvalue weighted by Crippen LogP contribution is -2.33. The summed E-state index contributed by atoms with van der Waals surface area (Å²) in [6, 6.07) is 18.4. The monoisotopic (exact) mass is 432 g/mol. The van der Waals surface area contributed by atoms with Crippen molar-refractivity contribution in [1.82, 2.24) is 4.98 Å². The number of pyridine rings is 1. The van der Waals surface area contributed by atoms with E-state index in [1.807, 2.05) is 65.6 Å². The number of carbonyl (C=O) groups is 1. The minimum absolute atomic E-state index is 0.530. The van der Waals surface area contributed by atoms with Crippen LogP contribution in [0.3, 0.4) is 0 Å². The van der Waals surface area contributed by atoms with Crippen molar-refractivity contribution in [3.63, 3.8) is 0 Å². The molecule has 1 aromatic heterocycles. The Bertz CT molecular complexity index is 1170. The van der Waals surface area contributed by atoms with Crippen LogP contribution in [0.1, 0.15) is 22.7 Å². The second-order valence-corrected chi connectivity index (χ2v) is 7.68. The van der Waals surface area contributed by atoms with Gasteiger partial charge in [-0.2, -0.15) is 0 Å². The predicted octanol–water partition coefficient (Wildman–Crippen LogP) is 6.76. The molecule has 0 spiro atoms. The minimum atomic E-state index is -0.530. The molecule has 2 heterocycles. The highest BCUT2D eigenvalue weighted by Crippen LogP contribution is 2.39. The van der Waals surface area contributed by atoms with Crippen LogP contribution < -0.4 is 4.90 Å². The third-order valence-electron chi connectivity index (χ3n) is 4.92. The Morgan fingerprint density at radius 1 is 1.03 bits per heavy atom. The van der Waals surface area contributed by atoms with E-state index < -0.39 is 6.04 Å². The van der Waals surface area contributed by atoms with Crippen LogP contribution in [-0.2, 0) is 4.79 Å². The van der Waals surface area contributed by atoms with E-state index >= 15 is 0 Å². The van der Waals surface area contributed by atoms with Gasteiger partial charge >= 0.3 is 0 Å². The number of halogens is 2. The SMILES string of the molecule is C=CC(=Cc1cccc(Cl)c1)C1=Cc2ccccc2C(C=O)N1c1ccc(Cl)cn1. The molecule has 1 unspecified atom stereocenters. The summed E-state index contributed by atoms with van der Waals surface area (Å²) in [4.78, 5) is 18.6. The Kier molecular flexibility index (Phi) is 5.84. The molecule has 4 rings (SSSR count). The van der Waals surface area contributed by atoms with Crippen LogP contribution in [0.5, 0.6) is 0 Å². The van der Waals surface area contributed by atoms with Crippen molar-refractivity contribution in [1.29, 1.82) is 0 Å². The van der Waals surface area contributed by atoms with E-state index in [9.17, 15) is 4.79 Å². The number of nitrogens with zero attached hydrogens (tertiary/aromatic N) is 2. The maximum absolute atomic E-state index is 12.2. The van der Waals surface area contributed by atoms with Crippen LogP contribution in [-0.4, -0.2) is 11.3 Å². The summed E-state index contributed by atoms with van der Waals surface area (Å²) < 4.78 is 0. The number of aldehydes is 1. The number of allylic oxidation sites excluding steroid dienone is 1. The fourth-order valence-corrected chi connectivity index (χ4v) is 3.87. The molecule has 148 valence electrons. The molecule has 1 atom stereocenters. The molecule has 1 aliphatic heterocycles. The van der Waals surface area contributed by atoms with Gasteiger partial charge < -0.3 is 9.69 Å². The van der Waals surface area contributed by atoms with E-state index in [-0.39, 0.29) is 0 Å². The van der Waals surface area contributed by atoms with Crippen molar-refractivity contribution in [3.05, 3.63) is 118 Å². The molecule has 0 saturated heterocycles. The minimum Gasteiger partial charge on any atom is -0.311 e. The van der Waals surface area contributed by atoms with Gasteiger partial charge in [-0.3, -0.25) is 0 Å². The van der Waals surface area contributed by atoms with Gasteiger partial charge in [-0.25, -0.2) is 4.98 Å². The van der Waals surface area contributed by atoms with E-state index in [0.29, 0.717) is 15.9 Å². The van der Waals surface area contributed by atoms with Crippen LogP contribution in [0, 0.1) is 0 Å². The smallest absolute Gasteiger partial charge is 0.147 e. The number of aromatic nitrogens is 1. The van der Waals surface area contributed by atoms with Gasteiger partial charge in [0.05, 0.1) is 10.7 Å². The van der Waals surface area contributed by atoms with Gasteiger partial charge in [0, 0.05) is 11.2 Å². The number of carbonyl (C=O) groups excluding carboxylic acids is 1. The summed E-state index contributed by atoms with van der Waals surface area (Å²) in [5.41, 5.74) is 4.49. The third-order valence-corrected chi connectivity index (χ3v) is 5.38. The lowest BCUT2D eigenvalue weighted by molar-refractivity contribution is -0.109. The van der Waals surface area contributed by atoms with E-state index in [1.165, 1.54) is 0 Å². The Hall–Kier alpha value is -3.14. The van der Waals surface area contributed by atoms with E-state index in [1.54, 1.807) is 24.4 Å². The highest BCUT2D eigenvalue weighted by atomic mass is 35.5. The average Bonchev–Trinajstić information content (AvgIpc) is 2.77. The normalized spacial score (nSPS) is 15.9. The molecule has 0 aliphatic carbocycles. The Balaban J connectivity index is 1.92. The maximum atomic E-state index is 12.2. The first-order valence-electron chi connectivity index (χ1n) is 9.37. The fraction of sp³-hybridized carbons (Fsp3) is 0.0400. The third kappa shape index (κ3) is 3.95. The molecule has 0 N–H and O–H groups in total. The second kappa shape index (κ2) is 8.70. The zero-order valence-corrected chi connectivity index (χ0v) is 17.5. The maximum Gasteiger partial charge on any atom is 0.147 e. The molecule has 2 aromatic carbocycles. The molecular formula is C25H18Cl2N2O. The molecule has 0 radical (unpaired) electrons. The summed E-state index contributed by atoms with van der Waals surface area (Å²) in [7, 11) is 0. The zero-order chi connectivity index (χ0) is 21.1. The Morgan fingerprint density at radius 3 is 2.57 bits per heavy atom. The van der Waals surface area contributed by atoms with Crippen LogP contribution in [0.4, 0.5) is 5.82 Å². The first-order chi connectivity index (χ1) is 14.6. The summed E-state index contributed by atoms with van der Waals surface area (Å²) in [5, 5.41) is 1.18. The molecule has 3 nitrogen and oxygen atoms in total. The summed E-state index contributed by atoms with van der Waals surface area (Å²) in [6.07, 6.45) is 8.31. The van der Waals surface area contributed by atoms with E-state index in [2.05, 4.69) is 11.6 Å². The van der Waals surface area contributed by atoms with Crippen molar-refractivity contribution in [3.8, 4) is 0 Å². The van der Waals surface area contributed by atoms with Gasteiger partial charge in [0.15, 0.2) is 0 Å². The van der Waals surface area contributed by atoms with Gasteiger partial charge in [0.1, 0.15) is 18.1 Å². The first kappa shape index (κ1) is 20.1. The largest absolute Gasteiger partial charge is 0.311 e. The lowest BCUT2D eigenvalue weighted by atomic mass is 9.91. The van der Waals surface area contributed by atoms with Gasteiger partial charge in [-0.05, 0) is 58.7 Å². The number of anilines is 1. The van der Waals surface area contributed by atoms with Crippen LogP contribution >= 0.6 is 23.2 Å². The first-order valence-corrected chi connectivity index (χ1v) is 10.1.